The first-order valence-electron chi connectivity index (χ1n) is 6.48. The number of aliphatic hydroxyl groups excluding tert-OH is 1. The molecule has 0 radical (unpaired) electrons. The maximum absolute atomic E-state index is 12.8. The zero-order chi connectivity index (χ0) is 15.2. The van der Waals surface area contributed by atoms with E-state index < -0.39 is 11.9 Å². The molecule has 0 aliphatic carbocycles. The van der Waals surface area contributed by atoms with Gasteiger partial charge < -0.3 is 15.3 Å². The van der Waals surface area contributed by atoms with Crippen molar-refractivity contribution in [2.75, 3.05) is 36.5 Å². The van der Waals surface area contributed by atoms with Gasteiger partial charge in [0.05, 0.1) is 0 Å². The lowest BCUT2D eigenvalue weighted by atomic mass is 10.3. The van der Waals surface area contributed by atoms with Crippen molar-refractivity contribution in [1.82, 2.24) is 9.97 Å². The predicted molar refractivity (Wildman–Crippen MR) is 70.8 cm³/mol. The minimum atomic E-state index is -4.52. The molecule has 1 aromatic rings. The van der Waals surface area contributed by atoms with Crippen LogP contribution in [0.25, 0.3) is 0 Å². The van der Waals surface area contributed by atoms with E-state index >= 15 is 0 Å². The Bertz CT molecular complexity index is 426. The van der Waals surface area contributed by atoms with E-state index in [1.54, 1.807) is 11.8 Å². The monoisotopic (exact) mass is 292 g/mol. The fraction of sp³-hybridized carbons (Fsp3) is 0.667. The highest BCUT2D eigenvalue weighted by molar-refractivity contribution is 5.45. The maximum Gasteiger partial charge on any atom is 0.433 e. The molecule has 0 atom stereocenters. The van der Waals surface area contributed by atoms with Gasteiger partial charge in [-0.25, -0.2) is 4.98 Å². The van der Waals surface area contributed by atoms with Crippen molar-refractivity contribution in [3.05, 3.63) is 11.8 Å². The van der Waals surface area contributed by atoms with Crippen LogP contribution in [0.4, 0.5) is 24.9 Å². The van der Waals surface area contributed by atoms with E-state index in [9.17, 15) is 13.2 Å². The van der Waals surface area contributed by atoms with Gasteiger partial charge >= 0.3 is 6.18 Å². The number of nitrogens with zero attached hydrogens (tertiary/aromatic N) is 3. The topological polar surface area (TPSA) is 61.3 Å². The molecular weight excluding hydrogens is 273 g/mol. The van der Waals surface area contributed by atoms with Crippen LogP contribution in [0.5, 0.6) is 0 Å². The molecule has 2 N–H and O–H groups in total. The molecule has 0 aliphatic heterocycles. The number of hydrogen-bond acceptors (Lipinski definition) is 5. The van der Waals surface area contributed by atoms with E-state index in [0.717, 1.165) is 6.07 Å². The van der Waals surface area contributed by atoms with Crippen LogP contribution in [0, 0.1) is 0 Å². The van der Waals surface area contributed by atoms with Gasteiger partial charge in [0.15, 0.2) is 5.69 Å². The maximum atomic E-state index is 12.8. The minimum Gasteiger partial charge on any atom is -0.396 e. The van der Waals surface area contributed by atoms with Crippen LogP contribution < -0.4 is 10.2 Å². The molecule has 1 rings (SSSR count). The summed E-state index contributed by atoms with van der Waals surface area (Å²) in [7, 11) is 0. The fourth-order valence-electron chi connectivity index (χ4n) is 1.68. The molecule has 0 bridgehead atoms. The van der Waals surface area contributed by atoms with Gasteiger partial charge in [-0.15, -0.1) is 0 Å². The van der Waals surface area contributed by atoms with E-state index in [-0.39, 0.29) is 18.4 Å². The number of halogens is 3. The van der Waals surface area contributed by atoms with Gasteiger partial charge in [-0.2, -0.15) is 18.2 Å². The van der Waals surface area contributed by atoms with Crippen LogP contribution >= 0.6 is 0 Å². The third kappa shape index (κ3) is 4.52. The molecular formula is C12H19F3N4O. The highest BCUT2D eigenvalue weighted by Gasteiger charge is 2.34. The van der Waals surface area contributed by atoms with Crippen molar-refractivity contribution in [2.45, 2.75) is 26.4 Å². The van der Waals surface area contributed by atoms with Gasteiger partial charge in [-0.3, -0.25) is 0 Å². The normalized spacial score (nSPS) is 11.5. The quantitative estimate of drug-likeness (QED) is 0.806. The van der Waals surface area contributed by atoms with Crippen molar-refractivity contribution in [1.29, 1.82) is 0 Å². The summed E-state index contributed by atoms with van der Waals surface area (Å²) < 4.78 is 38.5. The molecule has 0 spiro atoms. The molecule has 0 saturated heterocycles. The summed E-state index contributed by atoms with van der Waals surface area (Å²) in [4.78, 5) is 9.23. The second-order valence-corrected chi connectivity index (χ2v) is 4.12. The van der Waals surface area contributed by atoms with Gasteiger partial charge in [0.2, 0.25) is 5.95 Å². The van der Waals surface area contributed by atoms with Gasteiger partial charge in [0.1, 0.15) is 5.82 Å². The molecule has 0 saturated carbocycles. The number of aromatic nitrogens is 2. The van der Waals surface area contributed by atoms with Crippen molar-refractivity contribution in [2.24, 2.45) is 0 Å². The summed E-state index contributed by atoms with van der Waals surface area (Å²) in [5.74, 6) is 0.166. The Kier molecular flexibility index (Phi) is 6.00. The van der Waals surface area contributed by atoms with Crippen molar-refractivity contribution >= 4 is 11.8 Å². The van der Waals surface area contributed by atoms with Gasteiger partial charge in [0, 0.05) is 32.3 Å². The average Bonchev–Trinajstić information content (AvgIpc) is 2.39. The number of rotatable bonds is 7. The third-order valence-electron chi connectivity index (χ3n) is 2.63. The Morgan fingerprint density at radius 1 is 1.30 bits per heavy atom. The highest BCUT2D eigenvalue weighted by Crippen LogP contribution is 2.30. The number of nitrogens with one attached hydrogen (secondary N) is 1. The molecule has 1 heterocycles. The Balaban J connectivity index is 3.12. The van der Waals surface area contributed by atoms with E-state index in [4.69, 9.17) is 5.11 Å². The summed E-state index contributed by atoms with van der Waals surface area (Å²) in [5, 5.41) is 11.5. The summed E-state index contributed by atoms with van der Waals surface area (Å²) in [6, 6.07) is 0.932. The smallest absolute Gasteiger partial charge is 0.396 e. The van der Waals surface area contributed by atoms with Crippen LogP contribution in [0.1, 0.15) is 26.0 Å². The number of hydrogen-bond donors (Lipinski definition) is 2. The number of aliphatic hydroxyl groups is 1. The molecule has 5 nitrogen and oxygen atoms in total. The van der Waals surface area contributed by atoms with E-state index in [2.05, 4.69) is 15.3 Å². The molecule has 20 heavy (non-hydrogen) atoms. The fourth-order valence-corrected chi connectivity index (χ4v) is 1.68. The molecule has 0 aromatic carbocycles. The predicted octanol–water partition coefficient (Wildman–Crippen LogP) is 2.14. The van der Waals surface area contributed by atoms with Crippen LogP contribution in [-0.2, 0) is 6.18 Å². The SMILES string of the molecule is CCNc1nc(N(CC)CCCO)cc(C(F)(F)F)n1. The Labute approximate surface area is 115 Å². The second kappa shape index (κ2) is 7.28. The largest absolute Gasteiger partial charge is 0.433 e. The molecule has 0 aliphatic rings. The first-order chi connectivity index (χ1) is 9.42. The zero-order valence-corrected chi connectivity index (χ0v) is 11.5. The summed E-state index contributed by atoms with van der Waals surface area (Å²) in [5.41, 5.74) is -0.971. The summed E-state index contributed by atoms with van der Waals surface area (Å²) >= 11 is 0. The molecule has 114 valence electrons. The van der Waals surface area contributed by atoms with E-state index in [1.165, 1.54) is 0 Å². The highest BCUT2D eigenvalue weighted by atomic mass is 19.4. The summed E-state index contributed by atoms with van der Waals surface area (Å²) in [6.45, 7) is 4.93. The van der Waals surface area contributed by atoms with Crippen LogP contribution in [0.2, 0.25) is 0 Å². The Morgan fingerprint density at radius 3 is 2.50 bits per heavy atom. The van der Waals surface area contributed by atoms with Crippen molar-refractivity contribution in [3.8, 4) is 0 Å². The van der Waals surface area contributed by atoms with Crippen molar-refractivity contribution < 1.29 is 18.3 Å². The average molecular weight is 292 g/mol. The first kappa shape index (κ1) is 16.5. The Morgan fingerprint density at radius 2 is 2.00 bits per heavy atom. The van der Waals surface area contributed by atoms with Crippen LogP contribution in [-0.4, -0.2) is 41.3 Å². The standard InChI is InChI=1S/C12H19F3N4O/c1-3-16-11-17-9(12(13,14)15)8-10(18-11)19(4-2)6-5-7-20/h8,20H,3-7H2,1-2H3,(H,16,17,18). The van der Waals surface area contributed by atoms with E-state index in [1.807, 2.05) is 6.92 Å². The molecule has 0 fully saturated rings. The number of alkyl halides is 3. The van der Waals surface area contributed by atoms with Crippen LogP contribution in [0.3, 0.4) is 0 Å². The molecule has 0 unspecified atom stereocenters. The lowest BCUT2D eigenvalue weighted by molar-refractivity contribution is -0.141. The minimum absolute atomic E-state index is 0.0201. The lowest BCUT2D eigenvalue weighted by Gasteiger charge is -2.23. The third-order valence-corrected chi connectivity index (χ3v) is 2.63. The lowest BCUT2D eigenvalue weighted by Crippen LogP contribution is -2.27. The number of anilines is 2. The van der Waals surface area contributed by atoms with Gasteiger partial charge in [0.25, 0.3) is 0 Å². The molecule has 1 aromatic heterocycles. The van der Waals surface area contributed by atoms with Crippen LogP contribution in [0.15, 0.2) is 6.07 Å². The van der Waals surface area contributed by atoms with Crippen molar-refractivity contribution in [3.63, 3.8) is 0 Å². The first-order valence-corrected chi connectivity index (χ1v) is 6.48. The van der Waals surface area contributed by atoms with Gasteiger partial charge in [-0.1, -0.05) is 0 Å². The summed E-state index contributed by atoms with van der Waals surface area (Å²) in [6.07, 6.45) is -4.05. The molecule has 0 amide bonds. The zero-order valence-electron chi connectivity index (χ0n) is 11.5. The van der Waals surface area contributed by atoms with Gasteiger partial charge in [-0.05, 0) is 20.3 Å². The van der Waals surface area contributed by atoms with E-state index in [0.29, 0.717) is 26.1 Å². The Hall–Kier alpha value is -1.57. The molecule has 8 heteroatoms. The second-order valence-electron chi connectivity index (χ2n) is 4.12.